The Hall–Kier alpha value is -1.46. The first-order valence-corrected chi connectivity index (χ1v) is 7.52. The van der Waals surface area contributed by atoms with Crippen LogP contribution in [0.1, 0.15) is 16.8 Å². The number of nitrogens with zero attached hydrogens (tertiary/aromatic N) is 3. The Morgan fingerprint density at radius 1 is 1.35 bits per heavy atom. The maximum Gasteiger partial charge on any atom is 0.136 e. The van der Waals surface area contributed by atoms with Crippen LogP contribution in [0.2, 0.25) is 0 Å². The second-order valence-electron chi connectivity index (χ2n) is 5.04. The first kappa shape index (κ1) is 13.5. The van der Waals surface area contributed by atoms with Crippen molar-refractivity contribution in [3.8, 4) is 0 Å². The van der Waals surface area contributed by atoms with Crippen LogP contribution in [0.4, 0.5) is 5.82 Å². The van der Waals surface area contributed by atoms with Gasteiger partial charge in [0, 0.05) is 43.1 Å². The predicted octanol–water partition coefficient (Wildman–Crippen LogP) is 2.52. The van der Waals surface area contributed by atoms with E-state index < -0.39 is 0 Å². The summed E-state index contributed by atoms with van der Waals surface area (Å²) in [4.78, 5) is 11.1. The van der Waals surface area contributed by atoms with E-state index >= 15 is 0 Å². The smallest absolute Gasteiger partial charge is 0.136 e. The highest BCUT2D eigenvalue weighted by atomic mass is 79.9. The summed E-state index contributed by atoms with van der Waals surface area (Å²) >= 11 is 3.51. The molecule has 4 nitrogen and oxygen atoms in total. The molecule has 3 rings (SSSR count). The van der Waals surface area contributed by atoms with Gasteiger partial charge in [0.25, 0.3) is 0 Å². The van der Waals surface area contributed by atoms with Crippen LogP contribution in [0, 0.1) is 0 Å². The van der Waals surface area contributed by atoms with Gasteiger partial charge in [-0.1, -0.05) is 28.1 Å². The van der Waals surface area contributed by atoms with Crippen LogP contribution in [0.25, 0.3) is 0 Å². The highest BCUT2D eigenvalue weighted by molar-refractivity contribution is 9.10. The van der Waals surface area contributed by atoms with Gasteiger partial charge in [-0.2, -0.15) is 0 Å². The maximum atomic E-state index is 4.47. The molecular formula is C15H17BrN4. The molecule has 0 spiro atoms. The van der Waals surface area contributed by atoms with Crippen molar-refractivity contribution in [2.24, 2.45) is 0 Å². The Bertz CT molecular complexity index is 615. The summed E-state index contributed by atoms with van der Waals surface area (Å²) in [6.07, 6.45) is 2.66. The largest absolute Gasteiger partial charge is 0.355 e. The van der Waals surface area contributed by atoms with E-state index in [1.165, 1.54) is 16.8 Å². The van der Waals surface area contributed by atoms with E-state index in [-0.39, 0.29) is 0 Å². The van der Waals surface area contributed by atoms with Crippen molar-refractivity contribution in [3.05, 3.63) is 51.9 Å². The van der Waals surface area contributed by atoms with Crippen molar-refractivity contribution in [3.63, 3.8) is 0 Å². The minimum atomic E-state index is 0.836. The van der Waals surface area contributed by atoms with Gasteiger partial charge in [0.2, 0.25) is 0 Å². The Kier molecular flexibility index (Phi) is 3.98. The lowest BCUT2D eigenvalue weighted by Gasteiger charge is -2.25. The number of hydrogen-bond acceptors (Lipinski definition) is 4. The quantitative estimate of drug-likeness (QED) is 0.937. The summed E-state index contributed by atoms with van der Waals surface area (Å²) in [5.74, 6) is 1.03. The lowest BCUT2D eigenvalue weighted by atomic mass is 10.1. The zero-order chi connectivity index (χ0) is 13.9. The number of hydrogen-bond donors (Lipinski definition) is 1. The third-order valence-corrected chi connectivity index (χ3v) is 4.02. The minimum Gasteiger partial charge on any atom is -0.355 e. The molecule has 0 fully saturated rings. The fraction of sp³-hybridized carbons (Fsp3) is 0.333. The molecule has 2 heterocycles. The summed E-state index contributed by atoms with van der Waals surface area (Å²) in [5.41, 5.74) is 3.67. The number of nitrogens with one attached hydrogen (secondary N) is 1. The average Bonchev–Trinajstić information content (AvgIpc) is 2.46. The average molecular weight is 333 g/mol. The molecule has 1 N–H and O–H groups in total. The highest BCUT2D eigenvalue weighted by Crippen LogP contribution is 2.23. The summed E-state index contributed by atoms with van der Waals surface area (Å²) in [6.45, 7) is 2.69. The molecule has 0 aliphatic carbocycles. The Labute approximate surface area is 127 Å². The molecule has 0 saturated carbocycles. The summed E-state index contributed by atoms with van der Waals surface area (Å²) < 4.78 is 1.11. The van der Waals surface area contributed by atoms with E-state index in [1.54, 1.807) is 6.33 Å². The molecule has 0 bridgehead atoms. The van der Waals surface area contributed by atoms with Gasteiger partial charge in [0.05, 0.1) is 5.69 Å². The molecule has 1 aliphatic rings. The third kappa shape index (κ3) is 2.83. The van der Waals surface area contributed by atoms with Crippen molar-refractivity contribution in [1.29, 1.82) is 0 Å². The Morgan fingerprint density at radius 3 is 3.10 bits per heavy atom. The van der Waals surface area contributed by atoms with Crippen LogP contribution in [-0.2, 0) is 19.5 Å². The van der Waals surface area contributed by atoms with Crippen LogP contribution in [0.5, 0.6) is 0 Å². The van der Waals surface area contributed by atoms with Crippen LogP contribution >= 0.6 is 15.9 Å². The van der Waals surface area contributed by atoms with Gasteiger partial charge in [0.15, 0.2) is 0 Å². The lowest BCUT2D eigenvalue weighted by molar-refractivity contribution is 0.622. The van der Waals surface area contributed by atoms with Crippen LogP contribution in [0.15, 0.2) is 35.1 Å². The van der Waals surface area contributed by atoms with Gasteiger partial charge in [-0.05, 0) is 17.7 Å². The monoisotopic (exact) mass is 332 g/mol. The number of benzene rings is 1. The molecule has 1 aromatic heterocycles. The fourth-order valence-electron chi connectivity index (χ4n) is 2.57. The van der Waals surface area contributed by atoms with Crippen LogP contribution in [0.3, 0.4) is 0 Å². The zero-order valence-corrected chi connectivity index (χ0v) is 13.0. The SMILES string of the molecule is CN(Cc1cccc(Br)c1)c1ncnc2c1CNCC2. The second kappa shape index (κ2) is 5.89. The van der Waals surface area contributed by atoms with E-state index in [1.807, 2.05) is 6.07 Å². The molecular weight excluding hydrogens is 316 g/mol. The number of fused-ring (bicyclic) bond motifs is 1. The number of anilines is 1. The molecule has 104 valence electrons. The van der Waals surface area contributed by atoms with Gasteiger partial charge in [-0.25, -0.2) is 9.97 Å². The van der Waals surface area contributed by atoms with Gasteiger partial charge < -0.3 is 10.2 Å². The molecule has 2 aromatic rings. The van der Waals surface area contributed by atoms with Gasteiger partial charge in [-0.3, -0.25) is 0 Å². The van der Waals surface area contributed by atoms with E-state index in [4.69, 9.17) is 0 Å². The van der Waals surface area contributed by atoms with Gasteiger partial charge >= 0.3 is 0 Å². The predicted molar refractivity (Wildman–Crippen MR) is 83.7 cm³/mol. The fourth-order valence-corrected chi connectivity index (χ4v) is 3.01. The molecule has 0 radical (unpaired) electrons. The second-order valence-corrected chi connectivity index (χ2v) is 5.95. The van der Waals surface area contributed by atoms with Gasteiger partial charge in [0.1, 0.15) is 12.1 Å². The minimum absolute atomic E-state index is 0.836. The number of aromatic nitrogens is 2. The van der Waals surface area contributed by atoms with Crippen molar-refractivity contribution in [2.45, 2.75) is 19.5 Å². The van der Waals surface area contributed by atoms with E-state index in [9.17, 15) is 0 Å². The van der Waals surface area contributed by atoms with Crippen molar-refractivity contribution in [2.75, 3.05) is 18.5 Å². The van der Waals surface area contributed by atoms with Crippen LogP contribution < -0.4 is 10.2 Å². The molecule has 0 saturated heterocycles. The summed E-state index contributed by atoms with van der Waals surface area (Å²) in [7, 11) is 2.08. The Morgan fingerprint density at radius 2 is 2.25 bits per heavy atom. The van der Waals surface area contributed by atoms with Crippen molar-refractivity contribution in [1.82, 2.24) is 15.3 Å². The first-order valence-electron chi connectivity index (χ1n) is 6.73. The maximum absolute atomic E-state index is 4.47. The van der Waals surface area contributed by atoms with Gasteiger partial charge in [-0.15, -0.1) is 0 Å². The van der Waals surface area contributed by atoms with E-state index in [0.29, 0.717) is 0 Å². The normalized spacial score (nSPS) is 13.9. The number of rotatable bonds is 3. The molecule has 1 aromatic carbocycles. The van der Waals surface area contributed by atoms with Crippen LogP contribution in [-0.4, -0.2) is 23.6 Å². The topological polar surface area (TPSA) is 41.1 Å². The standard InChI is InChI=1S/C15H17BrN4/c1-20(9-11-3-2-4-12(16)7-11)15-13-8-17-6-5-14(13)18-10-19-15/h2-4,7,10,17H,5-6,8-9H2,1H3. The summed E-state index contributed by atoms with van der Waals surface area (Å²) in [6, 6.07) is 8.37. The molecule has 20 heavy (non-hydrogen) atoms. The molecule has 0 atom stereocenters. The molecule has 0 unspecified atom stereocenters. The van der Waals surface area contributed by atoms with Crippen molar-refractivity contribution >= 4 is 21.7 Å². The number of halogens is 1. The first-order chi connectivity index (χ1) is 9.74. The molecule has 1 aliphatic heterocycles. The third-order valence-electron chi connectivity index (χ3n) is 3.52. The van der Waals surface area contributed by atoms with Crippen molar-refractivity contribution < 1.29 is 0 Å². The lowest BCUT2D eigenvalue weighted by Crippen LogP contribution is -2.28. The zero-order valence-electron chi connectivity index (χ0n) is 11.4. The van der Waals surface area contributed by atoms with E-state index in [2.05, 4.69) is 61.4 Å². The van der Waals surface area contributed by atoms with E-state index in [0.717, 1.165) is 36.3 Å². The molecule has 0 amide bonds. The summed E-state index contributed by atoms with van der Waals surface area (Å²) in [5, 5.41) is 3.40. The molecule has 5 heteroatoms. The Balaban J connectivity index is 1.85. The highest BCUT2D eigenvalue weighted by Gasteiger charge is 2.17.